The molecule has 1 saturated carbocycles. The smallest absolute Gasteiger partial charge is 0.282 e. The van der Waals surface area contributed by atoms with Crippen molar-refractivity contribution in [3.05, 3.63) is 47.4 Å². The lowest BCUT2D eigenvalue weighted by Gasteiger charge is -2.39. The summed E-state index contributed by atoms with van der Waals surface area (Å²) in [4.78, 5) is 22.2. The third kappa shape index (κ3) is 3.72. The van der Waals surface area contributed by atoms with Crippen molar-refractivity contribution in [2.24, 2.45) is 4.99 Å². The van der Waals surface area contributed by atoms with Crippen molar-refractivity contribution in [2.45, 2.75) is 24.7 Å². The predicted molar refractivity (Wildman–Crippen MR) is 100 cm³/mol. The van der Waals surface area contributed by atoms with Crippen molar-refractivity contribution < 1.29 is 18.0 Å². The molecule has 1 N–H and O–H groups in total. The molecule has 4 rings (SSSR count). The molecule has 0 radical (unpaired) electrons. The summed E-state index contributed by atoms with van der Waals surface area (Å²) in [6.07, 6.45) is 3.58. The molecule has 146 valence electrons. The molecule has 1 aliphatic heterocycles. The second-order valence-electron chi connectivity index (χ2n) is 7.18. The van der Waals surface area contributed by atoms with Crippen molar-refractivity contribution in [3.63, 3.8) is 0 Å². The Balaban J connectivity index is 1.74. The zero-order chi connectivity index (χ0) is 19.9. The Labute approximate surface area is 160 Å². The fourth-order valence-corrected chi connectivity index (χ4v) is 3.27. The van der Waals surface area contributed by atoms with E-state index in [1.165, 1.54) is 18.5 Å². The van der Waals surface area contributed by atoms with Gasteiger partial charge in [0.1, 0.15) is 11.6 Å². The van der Waals surface area contributed by atoms with Gasteiger partial charge in [-0.2, -0.15) is 0 Å². The van der Waals surface area contributed by atoms with Gasteiger partial charge in [0.15, 0.2) is 0 Å². The average molecular weight is 388 g/mol. The van der Waals surface area contributed by atoms with Crippen molar-refractivity contribution in [1.82, 2.24) is 9.88 Å². The fourth-order valence-electron chi connectivity index (χ4n) is 3.27. The first-order valence-corrected chi connectivity index (χ1v) is 9.02. The van der Waals surface area contributed by atoms with Crippen LogP contribution in [0.25, 0.3) is 11.1 Å². The number of anilines is 1. The highest BCUT2D eigenvalue weighted by Gasteiger charge is 2.46. The number of carbonyl (C=O) groups is 1. The molecule has 1 amide bonds. The van der Waals surface area contributed by atoms with Crippen LogP contribution in [0.5, 0.6) is 0 Å². The zero-order valence-electron chi connectivity index (χ0n) is 15.3. The zero-order valence-corrected chi connectivity index (χ0v) is 15.3. The lowest BCUT2D eigenvalue weighted by Crippen LogP contribution is -2.58. The molecule has 0 spiro atoms. The molecule has 2 fully saturated rings. The molecule has 0 unspecified atom stereocenters. The summed E-state index contributed by atoms with van der Waals surface area (Å²) in [5.74, 6) is -3.16. The number of aromatic nitrogens is 1. The van der Waals surface area contributed by atoms with Crippen molar-refractivity contribution in [1.29, 1.82) is 0 Å². The van der Waals surface area contributed by atoms with E-state index in [4.69, 9.17) is 0 Å². The first-order valence-electron chi connectivity index (χ1n) is 9.02. The minimum atomic E-state index is -2.88. The molecule has 2 heterocycles. The van der Waals surface area contributed by atoms with E-state index in [9.17, 15) is 18.0 Å². The van der Waals surface area contributed by atoms with Gasteiger partial charge in [-0.1, -0.05) is 6.07 Å². The second-order valence-corrected chi connectivity index (χ2v) is 7.18. The van der Waals surface area contributed by atoms with E-state index >= 15 is 0 Å². The first-order chi connectivity index (χ1) is 13.4. The summed E-state index contributed by atoms with van der Waals surface area (Å²) < 4.78 is 40.2. The SMILES string of the molecule is CN=CNc1cc(-c2ccc(F)cc2C(=O)N2CC(F)(F)C2)cc(C2CC2)n1. The maximum absolute atomic E-state index is 13.9. The van der Waals surface area contributed by atoms with Gasteiger partial charge in [-0.15, -0.1) is 0 Å². The van der Waals surface area contributed by atoms with Gasteiger partial charge in [0, 0.05) is 18.7 Å². The molecular formula is C20H19F3N4O. The first kappa shape index (κ1) is 18.5. The van der Waals surface area contributed by atoms with Crippen LogP contribution in [-0.4, -0.2) is 48.2 Å². The van der Waals surface area contributed by atoms with E-state index in [-0.39, 0.29) is 5.56 Å². The number of nitrogens with one attached hydrogen (secondary N) is 1. The number of likely N-dealkylation sites (tertiary alicyclic amines) is 1. The van der Waals surface area contributed by atoms with Crippen molar-refractivity contribution >= 4 is 18.1 Å². The van der Waals surface area contributed by atoms with Gasteiger partial charge in [-0.25, -0.2) is 18.2 Å². The Bertz CT molecular complexity index is 948. The van der Waals surface area contributed by atoms with Gasteiger partial charge < -0.3 is 10.2 Å². The molecule has 28 heavy (non-hydrogen) atoms. The van der Waals surface area contributed by atoms with Gasteiger partial charge in [0.2, 0.25) is 0 Å². The standard InChI is InChI=1S/C20H19F3N4O/c1-24-11-25-18-7-13(6-17(26-18)12-2-3-12)15-5-4-14(21)8-16(15)19(28)27-9-20(22,23)10-27/h4-8,11-12H,2-3,9-10H2,1H3,(H,24,25,26). The highest BCUT2D eigenvalue weighted by molar-refractivity contribution is 6.01. The number of hydrogen-bond acceptors (Lipinski definition) is 3. The third-order valence-electron chi connectivity index (χ3n) is 4.84. The largest absolute Gasteiger partial charge is 0.331 e. The Kier molecular flexibility index (Phi) is 4.56. The highest BCUT2D eigenvalue weighted by atomic mass is 19.3. The molecule has 8 heteroatoms. The van der Waals surface area contributed by atoms with E-state index in [1.807, 2.05) is 6.07 Å². The lowest BCUT2D eigenvalue weighted by atomic mass is 9.96. The number of benzene rings is 1. The highest BCUT2D eigenvalue weighted by Crippen LogP contribution is 2.41. The quantitative estimate of drug-likeness (QED) is 0.624. The number of halogens is 3. The van der Waals surface area contributed by atoms with Crippen LogP contribution in [0.1, 0.15) is 34.8 Å². The summed E-state index contributed by atoms with van der Waals surface area (Å²) in [6.45, 7) is -1.30. The summed E-state index contributed by atoms with van der Waals surface area (Å²) in [7, 11) is 1.62. The molecule has 0 atom stereocenters. The van der Waals surface area contributed by atoms with E-state index in [2.05, 4.69) is 15.3 Å². The van der Waals surface area contributed by atoms with E-state index in [0.717, 1.165) is 29.5 Å². The number of hydrogen-bond donors (Lipinski definition) is 1. The van der Waals surface area contributed by atoms with Gasteiger partial charge in [-0.05, 0) is 48.2 Å². The normalized spacial score (nSPS) is 18.2. The maximum Gasteiger partial charge on any atom is 0.282 e. The number of aliphatic imine (C=N–C) groups is 1. The number of pyridine rings is 1. The minimum absolute atomic E-state index is 0.0681. The molecule has 1 aromatic heterocycles. The van der Waals surface area contributed by atoms with Crippen molar-refractivity contribution in [3.8, 4) is 11.1 Å². The van der Waals surface area contributed by atoms with Crippen LogP contribution in [-0.2, 0) is 0 Å². The predicted octanol–water partition coefficient (Wildman–Crippen LogP) is 3.93. The summed E-state index contributed by atoms with van der Waals surface area (Å²) in [5, 5.41) is 2.97. The van der Waals surface area contributed by atoms with Crippen molar-refractivity contribution in [2.75, 3.05) is 25.5 Å². The van der Waals surface area contributed by atoms with Gasteiger partial charge in [-0.3, -0.25) is 9.79 Å². The Hall–Kier alpha value is -2.90. The summed E-state index contributed by atoms with van der Waals surface area (Å²) in [5.41, 5.74) is 2.11. The fraction of sp³-hybridized carbons (Fsp3) is 0.350. The Morgan fingerprint density at radius 2 is 2.04 bits per heavy atom. The van der Waals surface area contributed by atoms with Crippen LogP contribution >= 0.6 is 0 Å². The molecular weight excluding hydrogens is 369 g/mol. The van der Waals surface area contributed by atoms with Crippen LogP contribution in [0.3, 0.4) is 0 Å². The topological polar surface area (TPSA) is 57.6 Å². The minimum Gasteiger partial charge on any atom is -0.331 e. The third-order valence-corrected chi connectivity index (χ3v) is 4.84. The number of alkyl halides is 2. The van der Waals surface area contributed by atoms with E-state index in [0.29, 0.717) is 22.9 Å². The Morgan fingerprint density at radius 1 is 1.29 bits per heavy atom. The summed E-state index contributed by atoms with van der Waals surface area (Å²) >= 11 is 0. The molecule has 1 saturated heterocycles. The summed E-state index contributed by atoms with van der Waals surface area (Å²) in [6, 6.07) is 7.48. The number of nitrogens with zero attached hydrogens (tertiary/aromatic N) is 3. The van der Waals surface area contributed by atoms with Gasteiger partial charge >= 0.3 is 0 Å². The van der Waals surface area contributed by atoms with Crippen LogP contribution in [0.15, 0.2) is 35.3 Å². The monoisotopic (exact) mass is 388 g/mol. The molecule has 5 nitrogen and oxygen atoms in total. The molecule has 1 aliphatic carbocycles. The molecule has 1 aromatic carbocycles. The van der Waals surface area contributed by atoms with Gasteiger partial charge in [0.25, 0.3) is 11.8 Å². The maximum atomic E-state index is 13.9. The molecule has 2 aliphatic rings. The molecule has 2 aromatic rings. The average Bonchev–Trinajstić information content (AvgIpc) is 3.48. The molecule has 0 bridgehead atoms. The van der Waals surface area contributed by atoms with E-state index in [1.54, 1.807) is 13.1 Å². The number of amides is 1. The second kappa shape index (κ2) is 6.92. The van der Waals surface area contributed by atoms with Gasteiger partial charge in [0.05, 0.1) is 25.0 Å². The van der Waals surface area contributed by atoms with Crippen LogP contribution in [0.2, 0.25) is 0 Å². The number of rotatable bonds is 5. The van der Waals surface area contributed by atoms with Crippen LogP contribution in [0, 0.1) is 5.82 Å². The van der Waals surface area contributed by atoms with Crippen LogP contribution < -0.4 is 5.32 Å². The number of carbonyl (C=O) groups excluding carboxylic acids is 1. The Morgan fingerprint density at radius 3 is 2.68 bits per heavy atom. The van der Waals surface area contributed by atoms with Crippen LogP contribution in [0.4, 0.5) is 19.0 Å². The van der Waals surface area contributed by atoms with E-state index < -0.39 is 30.7 Å². The lowest BCUT2D eigenvalue weighted by molar-refractivity contribution is -0.113.